The van der Waals surface area contributed by atoms with Crippen LogP contribution in [0.4, 0.5) is 8.78 Å². The Morgan fingerprint density at radius 1 is 1.05 bits per heavy atom. The summed E-state index contributed by atoms with van der Waals surface area (Å²) in [4.78, 5) is 45.0. The zero-order chi connectivity index (χ0) is 32.0. The molecule has 2 aromatic carbocycles. The number of benzene rings is 2. The van der Waals surface area contributed by atoms with E-state index >= 15 is 0 Å². The van der Waals surface area contributed by atoms with Crippen LogP contribution in [0.25, 0.3) is 5.69 Å². The SMILES string of the molecule is CN[C@@H](C)C(=O)N[C@H](C(=O)N1CCC[C@H]1CN(CCc1ccc(F)cc1)C(=O)c1nnn(-c2ccc(F)cc2)n1)C(C)(C)C. The topological polar surface area (TPSA) is 125 Å². The van der Waals surface area contributed by atoms with Gasteiger partial charge in [-0.15, -0.1) is 15.0 Å². The molecular formula is C31H40F2N8O3. The Balaban J connectivity index is 1.56. The van der Waals surface area contributed by atoms with E-state index in [2.05, 4.69) is 26.0 Å². The van der Waals surface area contributed by atoms with E-state index in [0.717, 1.165) is 16.8 Å². The molecule has 4 rings (SSSR count). The standard InChI is InChI=1S/C31H40F2N8O3/c1-20(34-5)28(42)35-26(31(2,3)4)29(43)40-17-6-7-25(40)19-39(18-16-21-8-10-22(32)11-9-21)30(44)27-36-38-41(37-27)24-14-12-23(33)13-15-24/h8-15,20,25-26,34H,6-7,16-19H2,1-5H3,(H,35,42)/t20-,25-,26+/m0/s1. The first-order valence-electron chi connectivity index (χ1n) is 14.7. The van der Waals surface area contributed by atoms with Crippen molar-refractivity contribution in [3.63, 3.8) is 0 Å². The van der Waals surface area contributed by atoms with E-state index in [0.29, 0.717) is 25.1 Å². The third-order valence-electron chi connectivity index (χ3n) is 7.85. The normalized spacial score (nSPS) is 16.4. The zero-order valence-electron chi connectivity index (χ0n) is 25.8. The molecule has 3 atom stereocenters. The Kier molecular flexibility index (Phi) is 10.4. The Labute approximate surface area is 256 Å². The Morgan fingerprint density at radius 3 is 2.30 bits per heavy atom. The third kappa shape index (κ3) is 8.01. The molecule has 0 spiro atoms. The number of carbonyl (C=O) groups excluding carboxylic acids is 3. The van der Waals surface area contributed by atoms with Crippen LogP contribution in [-0.4, -0.2) is 92.5 Å². The van der Waals surface area contributed by atoms with Crippen molar-refractivity contribution in [1.82, 2.24) is 40.6 Å². The van der Waals surface area contributed by atoms with E-state index in [1.54, 1.807) is 35.9 Å². The van der Waals surface area contributed by atoms with E-state index < -0.39 is 29.2 Å². The van der Waals surface area contributed by atoms with Gasteiger partial charge in [-0.2, -0.15) is 0 Å². The fourth-order valence-electron chi connectivity index (χ4n) is 5.10. The minimum Gasteiger partial charge on any atom is -0.342 e. The molecule has 13 heteroatoms. The van der Waals surface area contributed by atoms with E-state index in [1.807, 2.05) is 20.8 Å². The number of likely N-dealkylation sites (N-methyl/N-ethyl adjacent to an activating group) is 1. The largest absolute Gasteiger partial charge is 0.342 e. The minimum atomic E-state index is -0.771. The maximum Gasteiger partial charge on any atom is 0.295 e. The molecule has 1 aliphatic heterocycles. The number of carbonyl (C=O) groups is 3. The van der Waals surface area contributed by atoms with Gasteiger partial charge in [-0.3, -0.25) is 14.4 Å². The van der Waals surface area contributed by atoms with Gasteiger partial charge in [0.2, 0.25) is 11.8 Å². The number of nitrogens with zero attached hydrogens (tertiary/aromatic N) is 6. The summed E-state index contributed by atoms with van der Waals surface area (Å²) in [5.41, 5.74) is 0.709. The lowest BCUT2D eigenvalue weighted by molar-refractivity contribution is -0.140. The number of aromatic nitrogens is 4. The lowest BCUT2D eigenvalue weighted by atomic mass is 9.85. The first-order valence-corrected chi connectivity index (χ1v) is 14.7. The first-order chi connectivity index (χ1) is 20.9. The van der Waals surface area contributed by atoms with E-state index in [4.69, 9.17) is 0 Å². The average Bonchev–Trinajstić information content (AvgIpc) is 3.68. The van der Waals surface area contributed by atoms with Crippen molar-refractivity contribution in [2.24, 2.45) is 5.41 Å². The van der Waals surface area contributed by atoms with Crippen LogP contribution in [0, 0.1) is 17.0 Å². The molecule has 1 saturated heterocycles. The first kappa shape index (κ1) is 32.6. The highest BCUT2D eigenvalue weighted by atomic mass is 19.1. The number of amides is 3. The van der Waals surface area contributed by atoms with Gasteiger partial charge >= 0.3 is 0 Å². The summed E-state index contributed by atoms with van der Waals surface area (Å²) in [7, 11) is 1.68. The molecule has 0 radical (unpaired) electrons. The lowest BCUT2D eigenvalue weighted by Gasteiger charge is -2.37. The fraction of sp³-hybridized carbons (Fsp3) is 0.484. The minimum absolute atomic E-state index is 0.148. The van der Waals surface area contributed by atoms with Crippen LogP contribution < -0.4 is 10.6 Å². The van der Waals surface area contributed by atoms with Crippen molar-refractivity contribution in [3.05, 3.63) is 71.6 Å². The van der Waals surface area contributed by atoms with Crippen LogP contribution in [0.1, 0.15) is 56.7 Å². The second-order valence-electron chi connectivity index (χ2n) is 12.2. The summed E-state index contributed by atoms with van der Waals surface area (Å²) in [6.45, 7) is 8.39. The zero-order valence-corrected chi connectivity index (χ0v) is 25.8. The molecule has 1 fully saturated rings. The second-order valence-corrected chi connectivity index (χ2v) is 12.2. The molecule has 11 nitrogen and oxygen atoms in total. The average molecular weight is 611 g/mol. The van der Waals surface area contributed by atoms with Gasteiger partial charge in [0.05, 0.1) is 11.7 Å². The van der Waals surface area contributed by atoms with Gasteiger partial charge in [-0.1, -0.05) is 32.9 Å². The molecule has 3 amide bonds. The molecule has 1 aliphatic rings. The van der Waals surface area contributed by atoms with Gasteiger partial charge in [0.25, 0.3) is 11.7 Å². The molecular weight excluding hydrogens is 570 g/mol. The summed E-state index contributed by atoms with van der Waals surface area (Å²) in [6.07, 6.45) is 1.84. The second kappa shape index (κ2) is 14.0. The number of nitrogens with one attached hydrogen (secondary N) is 2. The monoisotopic (exact) mass is 610 g/mol. The summed E-state index contributed by atoms with van der Waals surface area (Å²) < 4.78 is 26.9. The molecule has 44 heavy (non-hydrogen) atoms. The predicted octanol–water partition coefficient (Wildman–Crippen LogP) is 2.76. The van der Waals surface area contributed by atoms with Crippen molar-refractivity contribution in [2.45, 2.75) is 65.1 Å². The highest BCUT2D eigenvalue weighted by Crippen LogP contribution is 2.27. The summed E-state index contributed by atoms with van der Waals surface area (Å²) in [5, 5.41) is 18.0. The number of rotatable bonds is 11. The number of hydrogen-bond acceptors (Lipinski definition) is 7. The van der Waals surface area contributed by atoms with E-state index in [9.17, 15) is 23.2 Å². The van der Waals surface area contributed by atoms with Crippen LogP contribution in [0.5, 0.6) is 0 Å². The van der Waals surface area contributed by atoms with Gasteiger partial charge in [-0.25, -0.2) is 8.78 Å². The van der Waals surface area contributed by atoms with Crippen molar-refractivity contribution in [2.75, 3.05) is 26.7 Å². The Morgan fingerprint density at radius 2 is 1.68 bits per heavy atom. The molecule has 0 unspecified atom stereocenters. The number of tetrazole rings is 1. The van der Waals surface area contributed by atoms with Gasteiger partial charge in [-0.05, 0) is 85.8 Å². The van der Waals surface area contributed by atoms with E-state index in [1.165, 1.54) is 36.4 Å². The fourth-order valence-corrected chi connectivity index (χ4v) is 5.10. The number of hydrogen-bond donors (Lipinski definition) is 2. The van der Waals surface area contributed by atoms with Crippen molar-refractivity contribution in [3.8, 4) is 5.69 Å². The molecule has 3 aromatic rings. The van der Waals surface area contributed by atoms with Gasteiger partial charge in [0, 0.05) is 25.7 Å². The van der Waals surface area contributed by atoms with Crippen LogP contribution in [-0.2, 0) is 16.0 Å². The third-order valence-corrected chi connectivity index (χ3v) is 7.85. The Hall–Kier alpha value is -4.26. The van der Waals surface area contributed by atoms with Gasteiger partial charge in [0.1, 0.15) is 17.7 Å². The molecule has 0 saturated carbocycles. The summed E-state index contributed by atoms with van der Waals surface area (Å²) >= 11 is 0. The van der Waals surface area contributed by atoms with Crippen molar-refractivity contribution >= 4 is 17.7 Å². The highest BCUT2D eigenvalue weighted by Gasteiger charge is 2.41. The molecule has 0 bridgehead atoms. The summed E-state index contributed by atoms with van der Waals surface area (Å²) in [5.74, 6) is -1.88. The predicted molar refractivity (Wildman–Crippen MR) is 160 cm³/mol. The van der Waals surface area contributed by atoms with Gasteiger partial charge < -0.3 is 20.4 Å². The van der Waals surface area contributed by atoms with Crippen LogP contribution in [0.3, 0.4) is 0 Å². The maximum atomic E-state index is 14.0. The van der Waals surface area contributed by atoms with Crippen LogP contribution >= 0.6 is 0 Å². The maximum absolute atomic E-state index is 14.0. The Bertz CT molecular complexity index is 1440. The van der Waals surface area contributed by atoms with Crippen LogP contribution in [0.15, 0.2) is 48.5 Å². The highest BCUT2D eigenvalue weighted by molar-refractivity contribution is 5.91. The van der Waals surface area contributed by atoms with Gasteiger partial charge in [0.15, 0.2) is 0 Å². The number of halogens is 2. The molecule has 2 N–H and O–H groups in total. The molecule has 2 heterocycles. The summed E-state index contributed by atoms with van der Waals surface area (Å²) in [6, 6.07) is 9.96. The molecule has 236 valence electrons. The molecule has 0 aliphatic carbocycles. The lowest BCUT2D eigenvalue weighted by Crippen LogP contribution is -2.59. The number of likely N-dealkylation sites (tertiary alicyclic amines) is 1. The molecule has 1 aromatic heterocycles. The van der Waals surface area contributed by atoms with Crippen molar-refractivity contribution in [1.29, 1.82) is 0 Å². The van der Waals surface area contributed by atoms with E-state index in [-0.39, 0.29) is 42.6 Å². The quantitative estimate of drug-likeness (QED) is 0.342. The van der Waals surface area contributed by atoms with Crippen molar-refractivity contribution < 1.29 is 23.2 Å². The smallest absolute Gasteiger partial charge is 0.295 e. The van der Waals surface area contributed by atoms with Crippen LogP contribution in [0.2, 0.25) is 0 Å².